The third kappa shape index (κ3) is 7.09. The fraction of sp³-hybridized carbons (Fsp3) is 0.647. The molecule has 0 aliphatic carbocycles. The van der Waals surface area contributed by atoms with E-state index in [-0.39, 0.29) is 17.4 Å². The summed E-state index contributed by atoms with van der Waals surface area (Å²) in [6.45, 7) is 9.94. The highest BCUT2D eigenvalue weighted by Gasteiger charge is 2.16. The standard InChI is InChI=1S/C17H29NO2S/c1-5-21(19,20)10-9-17(13-18-12-14(2)3)16-8-6-7-15(4)11-16/h6-8,11,14,17-18H,5,9-10,12-13H2,1-4H3. The monoisotopic (exact) mass is 311 g/mol. The molecule has 0 spiro atoms. The van der Waals surface area contributed by atoms with Gasteiger partial charge in [0.1, 0.15) is 9.84 Å². The smallest absolute Gasteiger partial charge is 0.150 e. The van der Waals surface area contributed by atoms with Crippen LogP contribution in [0.1, 0.15) is 44.2 Å². The third-order valence-corrected chi connectivity index (χ3v) is 5.41. The largest absolute Gasteiger partial charge is 0.316 e. The SMILES string of the molecule is CCS(=O)(=O)CCC(CNCC(C)C)c1cccc(C)c1. The van der Waals surface area contributed by atoms with E-state index in [4.69, 9.17) is 0 Å². The lowest BCUT2D eigenvalue weighted by atomic mass is 9.95. The van der Waals surface area contributed by atoms with Crippen molar-refractivity contribution >= 4 is 9.84 Å². The molecular weight excluding hydrogens is 282 g/mol. The molecule has 1 aromatic rings. The van der Waals surface area contributed by atoms with E-state index in [1.54, 1.807) is 6.92 Å². The quantitative estimate of drug-likeness (QED) is 0.762. The zero-order valence-electron chi connectivity index (χ0n) is 13.7. The molecule has 0 saturated carbocycles. The number of aryl methyl sites for hydroxylation is 1. The fourth-order valence-electron chi connectivity index (χ4n) is 2.32. The van der Waals surface area contributed by atoms with Crippen molar-refractivity contribution in [3.05, 3.63) is 35.4 Å². The summed E-state index contributed by atoms with van der Waals surface area (Å²) < 4.78 is 23.5. The Labute approximate surface area is 130 Å². The molecule has 0 heterocycles. The van der Waals surface area contributed by atoms with Crippen LogP contribution in [-0.2, 0) is 9.84 Å². The molecular formula is C17H29NO2S. The molecule has 0 radical (unpaired) electrons. The first-order valence-corrected chi connectivity index (χ1v) is 9.64. The predicted molar refractivity (Wildman–Crippen MR) is 90.6 cm³/mol. The number of benzene rings is 1. The number of nitrogens with one attached hydrogen (secondary N) is 1. The highest BCUT2D eigenvalue weighted by molar-refractivity contribution is 7.91. The molecule has 1 N–H and O–H groups in total. The molecule has 0 saturated heterocycles. The molecule has 21 heavy (non-hydrogen) atoms. The molecule has 0 aliphatic rings. The van der Waals surface area contributed by atoms with Crippen molar-refractivity contribution in [2.45, 2.75) is 40.0 Å². The van der Waals surface area contributed by atoms with E-state index >= 15 is 0 Å². The van der Waals surface area contributed by atoms with Crippen LogP contribution in [0.2, 0.25) is 0 Å². The van der Waals surface area contributed by atoms with E-state index in [0.717, 1.165) is 13.1 Å². The Bertz CT molecular complexity index is 523. The summed E-state index contributed by atoms with van der Waals surface area (Å²) in [6.07, 6.45) is 0.685. The van der Waals surface area contributed by atoms with Gasteiger partial charge in [0.15, 0.2) is 0 Å². The maximum atomic E-state index is 11.8. The zero-order valence-corrected chi connectivity index (χ0v) is 14.5. The van der Waals surface area contributed by atoms with Gasteiger partial charge in [-0.25, -0.2) is 8.42 Å². The predicted octanol–water partition coefficient (Wildman–Crippen LogP) is 3.15. The van der Waals surface area contributed by atoms with Gasteiger partial charge in [-0.1, -0.05) is 50.6 Å². The van der Waals surface area contributed by atoms with Crippen molar-refractivity contribution in [3.8, 4) is 0 Å². The highest BCUT2D eigenvalue weighted by atomic mass is 32.2. The first-order valence-electron chi connectivity index (χ1n) is 7.81. The van der Waals surface area contributed by atoms with Gasteiger partial charge in [0.05, 0.1) is 5.75 Å². The van der Waals surface area contributed by atoms with Crippen molar-refractivity contribution in [2.24, 2.45) is 5.92 Å². The van der Waals surface area contributed by atoms with Crippen LogP contribution in [0.3, 0.4) is 0 Å². The van der Waals surface area contributed by atoms with Crippen molar-refractivity contribution in [1.82, 2.24) is 5.32 Å². The van der Waals surface area contributed by atoms with Crippen LogP contribution in [0.25, 0.3) is 0 Å². The van der Waals surface area contributed by atoms with Gasteiger partial charge in [0, 0.05) is 12.3 Å². The molecule has 0 fully saturated rings. The van der Waals surface area contributed by atoms with Gasteiger partial charge in [-0.2, -0.15) is 0 Å². The summed E-state index contributed by atoms with van der Waals surface area (Å²) in [5, 5.41) is 3.46. The maximum absolute atomic E-state index is 11.8. The molecule has 0 aliphatic heterocycles. The van der Waals surface area contributed by atoms with Crippen LogP contribution in [0, 0.1) is 12.8 Å². The average molecular weight is 311 g/mol. The van der Waals surface area contributed by atoms with Gasteiger partial charge >= 0.3 is 0 Å². The minimum Gasteiger partial charge on any atom is -0.316 e. The molecule has 0 amide bonds. The van der Waals surface area contributed by atoms with Crippen LogP contribution in [0.4, 0.5) is 0 Å². The molecule has 1 aromatic carbocycles. The number of hydrogen-bond donors (Lipinski definition) is 1. The summed E-state index contributed by atoms with van der Waals surface area (Å²) in [6, 6.07) is 8.40. The Morgan fingerprint density at radius 1 is 1.19 bits per heavy atom. The second kappa shape index (κ2) is 8.54. The number of hydrogen-bond acceptors (Lipinski definition) is 3. The second-order valence-corrected chi connectivity index (χ2v) is 8.66. The summed E-state index contributed by atoms with van der Waals surface area (Å²) in [5.41, 5.74) is 2.46. The maximum Gasteiger partial charge on any atom is 0.150 e. The Morgan fingerprint density at radius 3 is 2.48 bits per heavy atom. The Kier molecular flexibility index (Phi) is 7.40. The number of rotatable bonds is 9. The molecule has 3 nitrogen and oxygen atoms in total. The molecule has 4 heteroatoms. The van der Waals surface area contributed by atoms with Crippen molar-refractivity contribution in [2.75, 3.05) is 24.6 Å². The van der Waals surface area contributed by atoms with Crippen molar-refractivity contribution < 1.29 is 8.42 Å². The van der Waals surface area contributed by atoms with E-state index in [1.165, 1.54) is 11.1 Å². The summed E-state index contributed by atoms with van der Waals surface area (Å²) in [4.78, 5) is 0. The summed E-state index contributed by atoms with van der Waals surface area (Å²) in [5.74, 6) is 1.35. The van der Waals surface area contributed by atoms with Crippen LogP contribution in [0.15, 0.2) is 24.3 Å². The van der Waals surface area contributed by atoms with Crippen LogP contribution >= 0.6 is 0 Å². The van der Waals surface area contributed by atoms with E-state index < -0.39 is 9.84 Å². The minimum absolute atomic E-state index is 0.229. The first kappa shape index (κ1) is 18.2. The zero-order chi connectivity index (χ0) is 15.9. The Hall–Kier alpha value is -0.870. The first-order chi connectivity index (χ1) is 9.84. The van der Waals surface area contributed by atoms with Gasteiger partial charge in [-0.3, -0.25) is 0 Å². The molecule has 1 rings (SSSR count). The van der Waals surface area contributed by atoms with Crippen LogP contribution in [0.5, 0.6) is 0 Å². The normalized spacial score (nSPS) is 13.6. The average Bonchev–Trinajstić information content (AvgIpc) is 2.42. The fourth-order valence-corrected chi connectivity index (χ4v) is 3.26. The van der Waals surface area contributed by atoms with E-state index in [2.05, 4.69) is 50.4 Å². The summed E-state index contributed by atoms with van der Waals surface area (Å²) in [7, 11) is -2.90. The number of sulfone groups is 1. The Balaban J connectivity index is 2.74. The van der Waals surface area contributed by atoms with Crippen molar-refractivity contribution in [1.29, 1.82) is 0 Å². The third-order valence-electron chi connectivity index (χ3n) is 3.67. The molecule has 1 atom stereocenters. The van der Waals surface area contributed by atoms with E-state index in [0.29, 0.717) is 12.3 Å². The van der Waals surface area contributed by atoms with Gasteiger partial charge in [-0.15, -0.1) is 0 Å². The molecule has 120 valence electrons. The molecule has 1 unspecified atom stereocenters. The minimum atomic E-state index is -2.90. The topological polar surface area (TPSA) is 46.2 Å². The summed E-state index contributed by atoms with van der Waals surface area (Å²) >= 11 is 0. The molecule has 0 aromatic heterocycles. The van der Waals surface area contributed by atoms with Gasteiger partial charge < -0.3 is 5.32 Å². The van der Waals surface area contributed by atoms with Gasteiger partial charge in [-0.05, 0) is 37.3 Å². The molecule has 0 bridgehead atoms. The van der Waals surface area contributed by atoms with Gasteiger partial charge in [0.2, 0.25) is 0 Å². The lowest BCUT2D eigenvalue weighted by Gasteiger charge is -2.19. The van der Waals surface area contributed by atoms with Crippen LogP contribution < -0.4 is 5.32 Å². The lowest BCUT2D eigenvalue weighted by molar-refractivity contribution is 0.507. The van der Waals surface area contributed by atoms with E-state index in [9.17, 15) is 8.42 Å². The second-order valence-electron chi connectivity index (χ2n) is 6.19. The lowest BCUT2D eigenvalue weighted by Crippen LogP contribution is -2.27. The van der Waals surface area contributed by atoms with Gasteiger partial charge in [0.25, 0.3) is 0 Å². The Morgan fingerprint density at radius 2 is 1.90 bits per heavy atom. The van der Waals surface area contributed by atoms with Crippen LogP contribution in [-0.4, -0.2) is 33.0 Å². The van der Waals surface area contributed by atoms with Crippen molar-refractivity contribution in [3.63, 3.8) is 0 Å². The van der Waals surface area contributed by atoms with E-state index in [1.807, 2.05) is 0 Å². The highest BCUT2D eigenvalue weighted by Crippen LogP contribution is 2.21.